The molecule has 0 aliphatic carbocycles. The molecule has 0 bridgehead atoms. The number of hydrogen-bond acceptors (Lipinski definition) is 5. The molecule has 0 saturated heterocycles. The number of carbonyl (C=O) groups excluding carboxylic acids is 1. The fourth-order valence-electron chi connectivity index (χ4n) is 1.07. The van der Waals surface area contributed by atoms with Crippen molar-refractivity contribution in [3.05, 3.63) is 11.1 Å². The Labute approximate surface area is 115 Å². The van der Waals surface area contributed by atoms with Crippen LogP contribution in [-0.4, -0.2) is 26.6 Å². The SMILES string of the molecule is CC(C)(C)OC(=O)Nc1nc(Cl)nc(C(C)(C)F)n1. The Morgan fingerprint density at radius 3 is 2.26 bits per heavy atom. The zero-order valence-electron chi connectivity index (χ0n) is 11.4. The quantitative estimate of drug-likeness (QED) is 0.905. The van der Waals surface area contributed by atoms with E-state index < -0.39 is 17.4 Å². The van der Waals surface area contributed by atoms with E-state index in [1.54, 1.807) is 20.8 Å². The van der Waals surface area contributed by atoms with Gasteiger partial charge in [-0.1, -0.05) is 0 Å². The summed E-state index contributed by atoms with van der Waals surface area (Å²) in [6, 6.07) is 0. The molecule has 1 aromatic rings. The van der Waals surface area contributed by atoms with Crippen molar-refractivity contribution in [3.8, 4) is 0 Å². The highest BCUT2D eigenvalue weighted by Gasteiger charge is 2.25. The number of alkyl halides is 1. The van der Waals surface area contributed by atoms with E-state index in [-0.39, 0.29) is 17.1 Å². The first kappa shape index (κ1) is 15.6. The molecule has 0 spiro atoms. The van der Waals surface area contributed by atoms with Gasteiger partial charge in [-0.15, -0.1) is 0 Å². The highest BCUT2D eigenvalue weighted by molar-refractivity contribution is 6.28. The van der Waals surface area contributed by atoms with E-state index in [1.165, 1.54) is 13.8 Å². The summed E-state index contributed by atoms with van der Waals surface area (Å²) in [6.45, 7) is 7.68. The Morgan fingerprint density at radius 2 is 1.79 bits per heavy atom. The average molecular weight is 291 g/mol. The molecule has 1 rings (SSSR count). The smallest absolute Gasteiger partial charge is 0.414 e. The molecule has 0 radical (unpaired) electrons. The predicted octanol–water partition coefficient (Wildman–Crippen LogP) is 3.08. The van der Waals surface area contributed by atoms with Crippen molar-refractivity contribution in [1.82, 2.24) is 15.0 Å². The number of amides is 1. The first-order chi connectivity index (χ1) is 8.47. The molecule has 1 amide bonds. The molecular weight excluding hydrogens is 275 g/mol. The number of ether oxygens (including phenoxy) is 1. The normalized spacial score (nSPS) is 12.2. The summed E-state index contributed by atoms with van der Waals surface area (Å²) in [5, 5.41) is 2.07. The predicted molar refractivity (Wildman–Crippen MR) is 68.8 cm³/mol. The lowest BCUT2D eigenvalue weighted by atomic mass is 10.1. The van der Waals surface area contributed by atoms with Crippen LogP contribution in [0.25, 0.3) is 0 Å². The molecule has 0 unspecified atom stereocenters. The summed E-state index contributed by atoms with van der Waals surface area (Å²) in [5.41, 5.74) is -2.46. The van der Waals surface area contributed by atoms with Crippen LogP contribution in [-0.2, 0) is 10.4 Å². The molecule has 0 aromatic carbocycles. The molecule has 106 valence electrons. The highest BCUT2D eigenvalue weighted by Crippen LogP contribution is 2.22. The van der Waals surface area contributed by atoms with Gasteiger partial charge in [-0.3, -0.25) is 5.32 Å². The molecule has 1 aromatic heterocycles. The summed E-state index contributed by atoms with van der Waals surface area (Å²) >= 11 is 5.65. The molecule has 0 aliphatic heterocycles. The fourth-order valence-corrected chi connectivity index (χ4v) is 1.23. The summed E-state index contributed by atoms with van der Waals surface area (Å²) in [7, 11) is 0. The standard InChI is InChI=1S/C11H16ClFN4O2/c1-10(2,3)19-9(18)17-8-15-6(11(4,5)13)14-7(12)16-8/h1-5H3,(H,14,15,16,17,18). The Bertz CT molecular complexity index is 483. The van der Waals surface area contributed by atoms with E-state index in [2.05, 4.69) is 20.3 Å². The average Bonchev–Trinajstić information content (AvgIpc) is 2.11. The maximum atomic E-state index is 13.7. The lowest BCUT2D eigenvalue weighted by Gasteiger charge is -2.19. The van der Waals surface area contributed by atoms with E-state index in [1.807, 2.05) is 0 Å². The topological polar surface area (TPSA) is 77.0 Å². The van der Waals surface area contributed by atoms with Crippen LogP contribution < -0.4 is 5.32 Å². The largest absolute Gasteiger partial charge is 0.444 e. The molecule has 0 atom stereocenters. The first-order valence-corrected chi connectivity index (χ1v) is 5.96. The van der Waals surface area contributed by atoms with Crippen LogP contribution in [0.1, 0.15) is 40.4 Å². The molecule has 19 heavy (non-hydrogen) atoms. The minimum absolute atomic E-state index is 0.157. The lowest BCUT2D eigenvalue weighted by Crippen LogP contribution is -2.28. The molecule has 0 saturated carbocycles. The number of nitrogens with zero attached hydrogens (tertiary/aromatic N) is 3. The first-order valence-electron chi connectivity index (χ1n) is 5.58. The van der Waals surface area contributed by atoms with Crippen LogP contribution in [0.2, 0.25) is 5.28 Å². The van der Waals surface area contributed by atoms with Crippen LogP contribution in [0.5, 0.6) is 0 Å². The maximum absolute atomic E-state index is 13.7. The summed E-state index contributed by atoms with van der Waals surface area (Å²) in [6.07, 6.45) is -0.752. The highest BCUT2D eigenvalue weighted by atomic mass is 35.5. The van der Waals surface area contributed by atoms with Crippen molar-refractivity contribution in [2.75, 3.05) is 5.32 Å². The summed E-state index contributed by atoms with van der Waals surface area (Å²) in [4.78, 5) is 22.7. The van der Waals surface area contributed by atoms with Crippen molar-refractivity contribution in [2.45, 2.75) is 45.9 Å². The molecule has 0 aliphatic rings. The Hall–Kier alpha value is -1.50. The van der Waals surface area contributed by atoms with E-state index >= 15 is 0 Å². The maximum Gasteiger partial charge on any atom is 0.414 e. The van der Waals surface area contributed by atoms with Gasteiger partial charge in [0.1, 0.15) is 5.60 Å². The second-order valence-electron chi connectivity index (χ2n) is 5.35. The van der Waals surface area contributed by atoms with Gasteiger partial charge >= 0.3 is 6.09 Å². The van der Waals surface area contributed by atoms with Crippen LogP contribution in [0.3, 0.4) is 0 Å². The second kappa shape index (κ2) is 5.24. The molecule has 6 nitrogen and oxygen atoms in total. The van der Waals surface area contributed by atoms with Gasteiger partial charge in [0.25, 0.3) is 0 Å². The number of hydrogen-bond donors (Lipinski definition) is 1. The third kappa shape index (κ3) is 5.34. The molecule has 1 heterocycles. The van der Waals surface area contributed by atoms with Crippen molar-refractivity contribution >= 4 is 23.6 Å². The number of aromatic nitrogens is 3. The zero-order valence-corrected chi connectivity index (χ0v) is 12.2. The van der Waals surface area contributed by atoms with Crippen molar-refractivity contribution in [1.29, 1.82) is 0 Å². The van der Waals surface area contributed by atoms with Crippen molar-refractivity contribution in [2.24, 2.45) is 0 Å². The Morgan fingerprint density at radius 1 is 1.21 bits per heavy atom. The van der Waals surface area contributed by atoms with E-state index in [0.717, 1.165) is 0 Å². The van der Waals surface area contributed by atoms with Gasteiger partial charge in [-0.25, -0.2) is 9.18 Å². The number of anilines is 1. The monoisotopic (exact) mass is 290 g/mol. The third-order valence-corrected chi connectivity index (χ3v) is 1.92. The number of halogens is 2. The van der Waals surface area contributed by atoms with Crippen molar-refractivity contribution in [3.63, 3.8) is 0 Å². The Balaban J connectivity index is 2.91. The molecule has 8 heteroatoms. The van der Waals surface area contributed by atoms with E-state index in [4.69, 9.17) is 16.3 Å². The number of carbonyl (C=O) groups is 1. The van der Waals surface area contributed by atoms with Gasteiger partial charge in [-0.2, -0.15) is 15.0 Å². The van der Waals surface area contributed by atoms with Crippen LogP contribution >= 0.6 is 11.6 Å². The van der Waals surface area contributed by atoms with E-state index in [9.17, 15) is 9.18 Å². The van der Waals surface area contributed by atoms with Gasteiger partial charge in [0, 0.05) is 0 Å². The zero-order chi connectivity index (χ0) is 14.8. The van der Waals surface area contributed by atoms with Crippen LogP contribution in [0.15, 0.2) is 0 Å². The van der Waals surface area contributed by atoms with Crippen LogP contribution in [0.4, 0.5) is 15.1 Å². The van der Waals surface area contributed by atoms with Gasteiger partial charge in [-0.05, 0) is 46.2 Å². The summed E-state index contributed by atoms with van der Waals surface area (Å²) in [5.74, 6) is -0.325. The fraction of sp³-hybridized carbons (Fsp3) is 0.636. The minimum Gasteiger partial charge on any atom is -0.444 e. The number of nitrogens with one attached hydrogen (secondary N) is 1. The third-order valence-electron chi connectivity index (χ3n) is 1.75. The van der Waals surface area contributed by atoms with E-state index in [0.29, 0.717) is 0 Å². The van der Waals surface area contributed by atoms with Gasteiger partial charge in [0.05, 0.1) is 0 Å². The second-order valence-corrected chi connectivity index (χ2v) is 5.69. The molecule has 1 N–H and O–H groups in total. The van der Waals surface area contributed by atoms with Gasteiger partial charge in [0.15, 0.2) is 11.5 Å². The minimum atomic E-state index is -1.79. The Kier molecular flexibility index (Phi) is 4.29. The lowest BCUT2D eigenvalue weighted by molar-refractivity contribution is 0.0634. The summed E-state index contributed by atoms with van der Waals surface area (Å²) < 4.78 is 18.8. The van der Waals surface area contributed by atoms with Crippen LogP contribution in [0, 0.1) is 0 Å². The number of rotatable bonds is 2. The van der Waals surface area contributed by atoms with Crippen molar-refractivity contribution < 1.29 is 13.9 Å². The molecular formula is C11H16ClFN4O2. The molecule has 0 fully saturated rings. The van der Waals surface area contributed by atoms with Gasteiger partial charge in [0.2, 0.25) is 11.2 Å². The van der Waals surface area contributed by atoms with Gasteiger partial charge < -0.3 is 4.74 Å².